The molecule has 1 heterocycles. The van der Waals surface area contributed by atoms with Crippen molar-refractivity contribution in [2.24, 2.45) is 11.7 Å². The van der Waals surface area contributed by atoms with Crippen molar-refractivity contribution in [1.29, 1.82) is 0 Å². The lowest BCUT2D eigenvalue weighted by molar-refractivity contribution is 0.196. The highest BCUT2D eigenvalue weighted by molar-refractivity contribution is 7.10. The van der Waals surface area contributed by atoms with Crippen LogP contribution in [0.1, 0.15) is 31.2 Å². The molecule has 3 heteroatoms. The van der Waals surface area contributed by atoms with Crippen molar-refractivity contribution >= 4 is 11.3 Å². The maximum atomic E-state index is 5.55. The summed E-state index contributed by atoms with van der Waals surface area (Å²) >= 11 is 1.85. The summed E-state index contributed by atoms with van der Waals surface area (Å²) in [6.07, 6.45) is 1.07. The Hall–Kier alpha value is -0.380. The fraction of sp³-hybridized carbons (Fsp3) is 0.667. The molecular formula is C12H22N2S. The molecule has 2 N–H and O–H groups in total. The van der Waals surface area contributed by atoms with Gasteiger partial charge in [0.2, 0.25) is 0 Å². The van der Waals surface area contributed by atoms with Crippen molar-refractivity contribution < 1.29 is 0 Å². The Bertz CT molecular complexity index is 257. The van der Waals surface area contributed by atoms with Crippen LogP contribution in [0.4, 0.5) is 0 Å². The fourth-order valence-corrected chi connectivity index (χ4v) is 3.06. The second-order valence-electron chi connectivity index (χ2n) is 4.33. The summed E-state index contributed by atoms with van der Waals surface area (Å²) < 4.78 is 0. The molecule has 1 unspecified atom stereocenters. The van der Waals surface area contributed by atoms with Gasteiger partial charge in [-0.25, -0.2) is 0 Å². The van der Waals surface area contributed by atoms with Gasteiger partial charge in [0.25, 0.3) is 0 Å². The average molecular weight is 226 g/mol. The molecule has 1 aromatic heterocycles. The van der Waals surface area contributed by atoms with E-state index in [4.69, 9.17) is 5.73 Å². The van der Waals surface area contributed by atoms with Gasteiger partial charge in [-0.1, -0.05) is 19.9 Å². The third kappa shape index (κ3) is 3.59. The van der Waals surface area contributed by atoms with Crippen LogP contribution in [0, 0.1) is 5.92 Å². The molecule has 2 nitrogen and oxygen atoms in total. The van der Waals surface area contributed by atoms with Crippen LogP contribution in [0.2, 0.25) is 0 Å². The van der Waals surface area contributed by atoms with Crippen molar-refractivity contribution in [3.8, 4) is 0 Å². The van der Waals surface area contributed by atoms with Crippen molar-refractivity contribution in [2.75, 3.05) is 20.1 Å². The van der Waals surface area contributed by atoms with E-state index in [0.717, 1.165) is 19.5 Å². The summed E-state index contributed by atoms with van der Waals surface area (Å²) in [6, 6.07) is 4.90. The van der Waals surface area contributed by atoms with Crippen LogP contribution in [-0.4, -0.2) is 25.0 Å². The zero-order chi connectivity index (χ0) is 11.3. The van der Waals surface area contributed by atoms with Gasteiger partial charge in [0.1, 0.15) is 0 Å². The summed E-state index contributed by atoms with van der Waals surface area (Å²) in [4.78, 5) is 3.88. The molecule has 0 fully saturated rings. The standard InChI is InChI=1S/C12H22N2S/c1-10(2)12(11-6-4-9-15-11)14(3)8-5-7-13/h4,6,9-10,12H,5,7-8,13H2,1-3H3. The summed E-state index contributed by atoms with van der Waals surface area (Å²) in [6.45, 7) is 6.42. The summed E-state index contributed by atoms with van der Waals surface area (Å²) in [5.74, 6) is 0.645. The first-order valence-corrected chi connectivity index (χ1v) is 6.48. The predicted octanol–water partition coefficient (Wildman–Crippen LogP) is 2.73. The van der Waals surface area contributed by atoms with Gasteiger partial charge in [-0.2, -0.15) is 0 Å². The normalized spacial score (nSPS) is 13.7. The first-order valence-electron chi connectivity index (χ1n) is 5.60. The molecule has 0 spiro atoms. The molecule has 1 rings (SSSR count). The van der Waals surface area contributed by atoms with Crippen LogP contribution in [0.15, 0.2) is 17.5 Å². The van der Waals surface area contributed by atoms with E-state index < -0.39 is 0 Å². The van der Waals surface area contributed by atoms with E-state index in [-0.39, 0.29) is 0 Å². The number of nitrogens with two attached hydrogens (primary N) is 1. The van der Waals surface area contributed by atoms with Crippen molar-refractivity contribution in [3.05, 3.63) is 22.4 Å². The van der Waals surface area contributed by atoms with E-state index in [2.05, 4.69) is 43.3 Å². The van der Waals surface area contributed by atoms with Gasteiger partial charge in [0.05, 0.1) is 0 Å². The summed E-state index contributed by atoms with van der Waals surface area (Å²) in [5, 5.41) is 2.15. The zero-order valence-electron chi connectivity index (χ0n) is 9.94. The maximum absolute atomic E-state index is 5.55. The molecule has 0 aromatic carbocycles. The van der Waals surface area contributed by atoms with E-state index in [1.54, 1.807) is 0 Å². The molecule has 86 valence electrons. The summed E-state index contributed by atoms with van der Waals surface area (Å²) in [7, 11) is 2.19. The molecule has 1 aromatic rings. The highest BCUT2D eigenvalue weighted by Crippen LogP contribution is 2.30. The minimum Gasteiger partial charge on any atom is -0.330 e. The molecule has 0 saturated heterocycles. The average Bonchev–Trinajstić information content (AvgIpc) is 2.67. The minimum absolute atomic E-state index is 0.538. The molecule has 1 atom stereocenters. The largest absolute Gasteiger partial charge is 0.330 e. The SMILES string of the molecule is CC(C)C(c1cccs1)N(C)CCCN. The molecule has 0 bridgehead atoms. The second-order valence-corrected chi connectivity index (χ2v) is 5.31. The fourth-order valence-electron chi connectivity index (χ4n) is 1.99. The van der Waals surface area contributed by atoms with Crippen LogP contribution in [0.5, 0.6) is 0 Å². The highest BCUT2D eigenvalue weighted by Gasteiger charge is 2.20. The number of thiophene rings is 1. The van der Waals surface area contributed by atoms with E-state index in [1.807, 2.05) is 11.3 Å². The van der Waals surface area contributed by atoms with Gasteiger partial charge < -0.3 is 5.73 Å². The van der Waals surface area contributed by atoms with Gasteiger partial charge in [-0.3, -0.25) is 4.90 Å². The topological polar surface area (TPSA) is 29.3 Å². The first-order chi connectivity index (χ1) is 7.16. The van der Waals surface area contributed by atoms with Crippen LogP contribution >= 0.6 is 11.3 Å². The molecule has 0 aliphatic rings. The quantitative estimate of drug-likeness (QED) is 0.808. The molecule has 0 amide bonds. The Morgan fingerprint density at radius 1 is 1.47 bits per heavy atom. The predicted molar refractivity (Wildman–Crippen MR) is 68.2 cm³/mol. The maximum Gasteiger partial charge on any atom is 0.0461 e. The number of hydrogen-bond acceptors (Lipinski definition) is 3. The lowest BCUT2D eigenvalue weighted by Crippen LogP contribution is -2.29. The summed E-state index contributed by atoms with van der Waals surface area (Å²) in [5.41, 5.74) is 5.55. The first kappa shape index (κ1) is 12.7. The number of hydrogen-bond donors (Lipinski definition) is 1. The van der Waals surface area contributed by atoms with E-state index >= 15 is 0 Å². The highest BCUT2D eigenvalue weighted by atomic mass is 32.1. The van der Waals surface area contributed by atoms with Crippen LogP contribution in [-0.2, 0) is 0 Å². The monoisotopic (exact) mass is 226 g/mol. The number of rotatable bonds is 6. The second kappa shape index (κ2) is 6.26. The molecular weight excluding hydrogens is 204 g/mol. The van der Waals surface area contributed by atoms with Crippen LogP contribution in [0.3, 0.4) is 0 Å². The third-order valence-corrected chi connectivity index (χ3v) is 3.60. The Morgan fingerprint density at radius 3 is 2.67 bits per heavy atom. The van der Waals surface area contributed by atoms with Gasteiger partial charge in [0, 0.05) is 10.9 Å². The van der Waals surface area contributed by atoms with Crippen molar-refractivity contribution in [2.45, 2.75) is 26.3 Å². The van der Waals surface area contributed by atoms with Crippen molar-refractivity contribution in [1.82, 2.24) is 4.90 Å². The van der Waals surface area contributed by atoms with Crippen LogP contribution in [0.25, 0.3) is 0 Å². The Labute approximate surface area is 97.1 Å². The van der Waals surface area contributed by atoms with E-state index in [0.29, 0.717) is 12.0 Å². The van der Waals surface area contributed by atoms with Gasteiger partial charge in [0.15, 0.2) is 0 Å². The van der Waals surface area contributed by atoms with Crippen molar-refractivity contribution in [3.63, 3.8) is 0 Å². The zero-order valence-corrected chi connectivity index (χ0v) is 10.8. The minimum atomic E-state index is 0.538. The molecule has 0 aliphatic heterocycles. The van der Waals surface area contributed by atoms with Crippen LogP contribution < -0.4 is 5.73 Å². The number of nitrogens with zero attached hydrogens (tertiary/aromatic N) is 1. The lowest BCUT2D eigenvalue weighted by Gasteiger charge is -2.30. The molecule has 0 saturated carbocycles. The van der Waals surface area contributed by atoms with Gasteiger partial charge >= 0.3 is 0 Å². The Kier molecular flexibility index (Phi) is 5.29. The Balaban J connectivity index is 2.66. The molecule has 0 aliphatic carbocycles. The molecule has 0 radical (unpaired) electrons. The lowest BCUT2D eigenvalue weighted by atomic mass is 10.0. The van der Waals surface area contributed by atoms with Gasteiger partial charge in [-0.15, -0.1) is 11.3 Å². The van der Waals surface area contributed by atoms with Gasteiger partial charge in [-0.05, 0) is 43.9 Å². The van der Waals surface area contributed by atoms with E-state index in [9.17, 15) is 0 Å². The third-order valence-electron chi connectivity index (χ3n) is 2.66. The van der Waals surface area contributed by atoms with E-state index in [1.165, 1.54) is 4.88 Å². The molecule has 15 heavy (non-hydrogen) atoms. The Morgan fingerprint density at radius 2 is 2.20 bits per heavy atom. The smallest absolute Gasteiger partial charge is 0.0461 e.